The highest BCUT2D eigenvalue weighted by Gasteiger charge is 2.24. The fourth-order valence-electron chi connectivity index (χ4n) is 8.41. The fraction of sp³-hybridized carbons (Fsp3) is 0.976. The maximum Gasteiger partial charge on any atom is 0.222 e. The Morgan fingerprint density at radius 3 is 1.66 bits per heavy atom. The van der Waals surface area contributed by atoms with Crippen LogP contribution in [0.2, 0.25) is 0 Å². The fourth-order valence-corrected chi connectivity index (χ4v) is 8.41. The molecule has 16 nitrogen and oxygen atoms in total. The predicted molar refractivity (Wildman–Crippen MR) is 243 cm³/mol. The van der Waals surface area contributed by atoms with E-state index in [0.717, 1.165) is 108 Å². The van der Waals surface area contributed by atoms with Gasteiger partial charge in [-0.15, -0.1) is 0 Å². The molecule has 344 valence electrons. The van der Waals surface area contributed by atoms with Crippen molar-refractivity contribution < 1.29 is 9.53 Å². The number of nitrogens with two attached hydrogens (primary N) is 2. The first-order chi connectivity index (χ1) is 28.2. The van der Waals surface area contributed by atoms with Crippen LogP contribution in [-0.2, 0) is 9.53 Å². The predicted octanol–water partition coefficient (Wildman–Crippen LogP) is -2.28. The van der Waals surface area contributed by atoms with Gasteiger partial charge in [0.15, 0.2) is 0 Å². The van der Waals surface area contributed by atoms with E-state index in [4.69, 9.17) is 16.2 Å². The maximum absolute atomic E-state index is 11.0. The van der Waals surface area contributed by atoms with Gasteiger partial charge in [0.25, 0.3) is 0 Å². The quantitative estimate of drug-likeness (QED) is 0.0943. The number of rotatable bonds is 13. The van der Waals surface area contributed by atoms with E-state index in [2.05, 4.69) is 70.4 Å². The van der Waals surface area contributed by atoms with Gasteiger partial charge in [-0.05, 0) is 150 Å². The molecule has 5 atom stereocenters. The lowest BCUT2D eigenvalue weighted by molar-refractivity contribution is -0.125. The Kier molecular flexibility index (Phi) is 31.5. The number of morpholine rings is 1. The Morgan fingerprint density at radius 2 is 1.24 bits per heavy atom. The molecule has 5 unspecified atom stereocenters. The summed E-state index contributed by atoms with van der Waals surface area (Å²) in [6, 6.07) is 1.75. The van der Waals surface area contributed by atoms with Gasteiger partial charge in [0.05, 0.1) is 12.7 Å². The third kappa shape index (κ3) is 25.0. The van der Waals surface area contributed by atoms with Crippen molar-refractivity contribution in [2.24, 2.45) is 41.1 Å². The lowest BCUT2D eigenvalue weighted by atomic mass is 9.97. The molecular formula is C42H94N14O2. The molecule has 0 bridgehead atoms. The lowest BCUT2D eigenvalue weighted by Gasteiger charge is -2.35. The van der Waals surface area contributed by atoms with Gasteiger partial charge in [-0.3, -0.25) is 4.79 Å². The third-order valence-electron chi connectivity index (χ3n) is 12.2. The molecule has 7 fully saturated rings. The lowest BCUT2D eigenvalue weighted by Crippen LogP contribution is -2.51. The molecule has 7 rings (SSSR count). The summed E-state index contributed by atoms with van der Waals surface area (Å²) < 4.78 is 5.39. The Balaban J connectivity index is 0.000000241. The minimum Gasteiger partial charge on any atom is -0.374 e. The van der Waals surface area contributed by atoms with Gasteiger partial charge in [0, 0.05) is 103 Å². The number of ether oxygens (including phenoxy) is 1. The van der Waals surface area contributed by atoms with Gasteiger partial charge < -0.3 is 79.6 Å². The number of amides is 1. The van der Waals surface area contributed by atoms with Crippen molar-refractivity contribution >= 4 is 5.91 Å². The summed E-state index contributed by atoms with van der Waals surface area (Å²) in [6.07, 6.45) is 10.1. The van der Waals surface area contributed by atoms with Crippen LogP contribution in [0.3, 0.4) is 0 Å². The second kappa shape index (κ2) is 34.5. The average molecular weight is 827 g/mol. The van der Waals surface area contributed by atoms with Crippen molar-refractivity contribution in [1.82, 2.24) is 63.4 Å². The molecule has 58 heavy (non-hydrogen) atoms. The number of likely N-dealkylation sites (N-methyl/N-ethyl adjacent to an activating group) is 2. The molecule has 0 aromatic carbocycles. The first-order valence-corrected chi connectivity index (χ1v) is 23.1. The average Bonchev–Trinajstić information content (AvgIpc) is 3.88. The summed E-state index contributed by atoms with van der Waals surface area (Å²) in [5.41, 5.74) is 11.2. The first kappa shape index (κ1) is 53.0. The van der Waals surface area contributed by atoms with E-state index >= 15 is 0 Å². The van der Waals surface area contributed by atoms with Crippen molar-refractivity contribution in [3.8, 4) is 0 Å². The van der Waals surface area contributed by atoms with Gasteiger partial charge in [0.1, 0.15) is 0 Å². The van der Waals surface area contributed by atoms with E-state index in [1.165, 1.54) is 91.0 Å². The SMILES string of the molecule is CN(CC1CNC1)CC1CNC1.CNC(=O)C1CCNCC1.CNC1CCNCC1.CNCC1CC(N)CN1.CNCC1CCC(CN)C1.CNCC1CNCCO1. The van der Waals surface area contributed by atoms with Crippen LogP contribution in [0.15, 0.2) is 0 Å². The summed E-state index contributed by atoms with van der Waals surface area (Å²) in [7, 11) is 11.9. The normalized spacial score (nSPS) is 27.6. The Labute approximate surface area is 354 Å². The molecule has 0 aromatic heterocycles. The molecule has 6 aliphatic heterocycles. The van der Waals surface area contributed by atoms with E-state index in [1.54, 1.807) is 7.05 Å². The number of piperidine rings is 2. The minimum atomic E-state index is 0.196. The van der Waals surface area contributed by atoms with Crippen LogP contribution < -0.4 is 70.0 Å². The molecule has 1 aliphatic carbocycles. The molecular weight excluding hydrogens is 733 g/mol. The van der Waals surface area contributed by atoms with Gasteiger partial charge >= 0.3 is 0 Å². The zero-order valence-electron chi connectivity index (χ0n) is 38.0. The van der Waals surface area contributed by atoms with E-state index < -0.39 is 0 Å². The van der Waals surface area contributed by atoms with Crippen LogP contribution in [0, 0.1) is 29.6 Å². The molecule has 15 N–H and O–H groups in total. The zero-order valence-corrected chi connectivity index (χ0v) is 38.0. The Morgan fingerprint density at radius 1 is 0.655 bits per heavy atom. The maximum atomic E-state index is 11.0. The summed E-state index contributed by atoms with van der Waals surface area (Å²) in [5.74, 6) is 4.01. The van der Waals surface area contributed by atoms with Crippen LogP contribution >= 0.6 is 0 Å². The molecule has 1 amide bonds. The summed E-state index contributed by atoms with van der Waals surface area (Å²) in [6.45, 7) is 19.7. The Bertz CT molecular complexity index is 919. The van der Waals surface area contributed by atoms with E-state index in [0.29, 0.717) is 18.2 Å². The van der Waals surface area contributed by atoms with Crippen LogP contribution in [0.5, 0.6) is 0 Å². The first-order valence-electron chi connectivity index (χ1n) is 23.1. The zero-order chi connectivity index (χ0) is 42.2. The standard InChI is InChI=1S/C9H19N3.C8H18N2.C7H14N2O.C6H15N3.C6H14N2O.C6H14N2/c1-12(6-8-2-10-3-8)7-9-4-11-5-9;1-10-6-8-3-2-7(4-8)5-9;1-8-7(10)6-2-4-9-5-3-6;1-8-4-6-2-5(7)3-9-6;1-7-4-6-5-8-2-3-9-6;1-7-6-2-4-8-5-3-6/h8-11H,2-7H2,1H3;7-8,10H,2-6,9H2,1H3;6,9H,2-5H2,1H3,(H,8,10);5-6,8-9H,2-4,7H2,1H3;6-8H,2-5H2,1H3;6-8H,2-5H2,1H3. The molecule has 0 spiro atoms. The van der Waals surface area contributed by atoms with Gasteiger partial charge in [-0.1, -0.05) is 0 Å². The summed E-state index contributed by atoms with van der Waals surface area (Å²) in [4.78, 5) is 13.5. The van der Waals surface area contributed by atoms with Crippen molar-refractivity contribution in [3.05, 3.63) is 0 Å². The number of nitrogens with zero attached hydrogens (tertiary/aromatic N) is 1. The monoisotopic (exact) mass is 827 g/mol. The van der Waals surface area contributed by atoms with Crippen molar-refractivity contribution in [2.45, 2.75) is 75.6 Å². The van der Waals surface area contributed by atoms with Gasteiger partial charge in [-0.2, -0.15) is 0 Å². The minimum absolute atomic E-state index is 0.196. The van der Waals surface area contributed by atoms with E-state index in [-0.39, 0.29) is 11.8 Å². The molecule has 7 aliphatic rings. The largest absolute Gasteiger partial charge is 0.374 e. The molecule has 1 saturated carbocycles. The van der Waals surface area contributed by atoms with Crippen LogP contribution in [0.4, 0.5) is 0 Å². The van der Waals surface area contributed by atoms with E-state index in [9.17, 15) is 4.79 Å². The number of nitrogens with one attached hydrogen (secondary N) is 11. The molecule has 0 aromatic rings. The molecule has 16 heteroatoms. The van der Waals surface area contributed by atoms with Crippen LogP contribution in [0.25, 0.3) is 0 Å². The molecule has 6 heterocycles. The third-order valence-corrected chi connectivity index (χ3v) is 12.2. The number of hydrogen-bond donors (Lipinski definition) is 13. The van der Waals surface area contributed by atoms with Crippen molar-refractivity contribution in [2.75, 3.05) is 160 Å². The van der Waals surface area contributed by atoms with Crippen molar-refractivity contribution in [3.63, 3.8) is 0 Å². The van der Waals surface area contributed by atoms with Crippen LogP contribution in [-0.4, -0.2) is 195 Å². The van der Waals surface area contributed by atoms with Crippen molar-refractivity contribution in [1.29, 1.82) is 0 Å². The Hall–Kier alpha value is -1.09. The molecule has 6 saturated heterocycles. The number of carbonyl (C=O) groups excluding carboxylic acids is 1. The second-order valence-electron chi connectivity index (χ2n) is 17.5. The van der Waals surface area contributed by atoms with Gasteiger partial charge in [-0.25, -0.2) is 0 Å². The summed E-state index contributed by atoms with van der Waals surface area (Å²) in [5, 5.41) is 35.0. The number of carbonyl (C=O) groups is 1. The topological polar surface area (TPSA) is 214 Å². The highest BCUT2D eigenvalue weighted by molar-refractivity contribution is 5.78. The second-order valence-corrected chi connectivity index (χ2v) is 17.5. The van der Waals surface area contributed by atoms with Crippen LogP contribution in [0.1, 0.15) is 51.4 Å². The number of hydrogen-bond acceptors (Lipinski definition) is 15. The summed E-state index contributed by atoms with van der Waals surface area (Å²) >= 11 is 0. The van der Waals surface area contributed by atoms with Gasteiger partial charge in [0.2, 0.25) is 5.91 Å². The highest BCUT2D eigenvalue weighted by atomic mass is 16.5. The molecule has 0 radical (unpaired) electrons. The van der Waals surface area contributed by atoms with E-state index in [1.807, 2.05) is 28.2 Å². The highest BCUT2D eigenvalue weighted by Crippen LogP contribution is 2.29. The smallest absolute Gasteiger partial charge is 0.222 e.